The van der Waals surface area contributed by atoms with Crippen LogP contribution in [0.1, 0.15) is 12.0 Å². The van der Waals surface area contributed by atoms with Crippen LogP contribution in [0, 0.1) is 0 Å². The molecule has 1 aliphatic heterocycles. The number of hydrogen-bond acceptors (Lipinski definition) is 5. The molecule has 5 nitrogen and oxygen atoms in total. The molecule has 0 N–H and O–H groups in total. The third kappa shape index (κ3) is 8.72. The average molecular weight is 334 g/mol. The standard InChI is InChI=1S/C19H26O5/c1-2-5-18(6-3-1)17-24-19-7-4-9-20-11-13-22-15-16-23-14-12-21-10-8-19/h1-6,8-10,19H,7,11-17H2/b9-4+,10-8+. The summed E-state index contributed by atoms with van der Waals surface area (Å²) in [6.07, 6.45) is 7.88. The minimum Gasteiger partial charge on any atom is -0.499 e. The van der Waals surface area contributed by atoms with E-state index < -0.39 is 0 Å². The van der Waals surface area contributed by atoms with Crippen LogP contribution in [0.15, 0.2) is 55.0 Å². The lowest BCUT2D eigenvalue weighted by Gasteiger charge is -2.13. The third-order valence-corrected chi connectivity index (χ3v) is 3.32. The Morgan fingerprint density at radius 3 is 2.25 bits per heavy atom. The van der Waals surface area contributed by atoms with Crippen LogP contribution in [-0.4, -0.2) is 45.7 Å². The lowest BCUT2D eigenvalue weighted by Crippen LogP contribution is -2.12. The fourth-order valence-corrected chi connectivity index (χ4v) is 2.05. The Kier molecular flexibility index (Phi) is 9.71. The van der Waals surface area contributed by atoms with E-state index in [0.717, 1.165) is 5.56 Å². The van der Waals surface area contributed by atoms with Crippen molar-refractivity contribution < 1.29 is 23.7 Å². The number of ether oxygens (including phenoxy) is 5. The predicted molar refractivity (Wildman–Crippen MR) is 91.5 cm³/mol. The zero-order chi connectivity index (χ0) is 16.7. The Labute approximate surface area is 143 Å². The van der Waals surface area contributed by atoms with Crippen molar-refractivity contribution in [2.24, 2.45) is 0 Å². The highest BCUT2D eigenvalue weighted by molar-refractivity contribution is 5.13. The van der Waals surface area contributed by atoms with Gasteiger partial charge in [-0.3, -0.25) is 0 Å². The summed E-state index contributed by atoms with van der Waals surface area (Å²) in [5.41, 5.74) is 1.14. The molecule has 1 heterocycles. The number of hydrogen-bond donors (Lipinski definition) is 0. The molecule has 0 amide bonds. The fraction of sp³-hybridized carbons (Fsp3) is 0.474. The summed E-state index contributed by atoms with van der Waals surface area (Å²) in [5.74, 6) is 0. The van der Waals surface area contributed by atoms with Gasteiger partial charge in [-0.05, 0) is 24.1 Å². The third-order valence-electron chi connectivity index (χ3n) is 3.32. The first kappa shape index (κ1) is 18.5. The van der Waals surface area contributed by atoms with Crippen molar-refractivity contribution >= 4 is 0 Å². The lowest BCUT2D eigenvalue weighted by atomic mass is 10.2. The van der Waals surface area contributed by atoms with Gasteiger partial charge in [0, 0.05) is 0 Å². The normalized spacial score (nSPS) is 23.6. The second-order valence-electron chi connectivity index (χ2n) is 5.24. The van der Waals surface area contributed by atoms with Crippen molar-refractivity contribution in [3.63, 3.8) is 0 Å². The summed E-state index contributed by atoms with van der Waals surface area (Å²) in [6, 6.07) is 10.1. The Hall–Kier alpha value is -1.82. The molecule has 0 aromatic heterocycles. The van der Waals surface area contributed by atoms with E-state index in [-0.39, 0.29) is 6.10 Å². The van der Waals surface area contributed by atoms with Gasteiger partial charge in [-0.25, -0.2) is 0 Å². The van der Waals surface area contributed by atoms with Gasteiger partial charge in [0.25, 0.3) is 0 Å². The molecule has 0 saturated carbocycles. The van der Waals surface area contributed by atoms with Crippen molar-refractivity contribution in [3.8, 4) is 0 Å². The van der Waals surface area contributed by atoms with Crippen molar-refractivity contribution in [1.82, 2.24) is 0 Å². The molecule has 0 spiro atoms. The van der Waals surface area contributed by atoms with E-state index in [4.69, 9.17) is 23.7 Å². The molecule has 24 heavy (non-hydrogen) atoms. The van der Waals surface area contributed by atoms with Crippen LogP contribution in [0.5, 0.6) is 0 Å². The molecule has 1 aromatic rings. The molecule has 0 bridgehead atoms. The quantitative estimate of drug-likeness (QED) is 0.850. The van der Waals surface area contributed by atoms with Crippen LogP contribution < -0.4 is 0 Å². The Balaban J connectivity index is 1.82. The van der Waals surface area contributed by atoms with E-state index in [2.05, 4.69) is 0 Å². The predicted octanol–water partition coefficient (Wildman–Crippen LogP) is 3.07. The average Bonchev–Trinajstić information content (AvgIpc) is 2.62. The van der Waals surface area contributed by atoms with Crippen molar-refractivity contribution in [2.75, 3.05) is 39.6 Å². The highest BCUT2D eigenvalue weighted by Gasteiger charge is 2.04. The molecule has 1 atom stereocenters. The van der Waals surface area contributed by atoms with E-state index in [1.807, 2.05) is 42.5 Å². The van der Waals surface area contributed by atoms with Gasteiger partial charge in [-0.15, -0.1) is 0 Å². The first-order valence-electron chi connectivity index (χ1n) is 8.31. The first-order valence-corrected chi connectivity index (χ1v) is 8.31. The van der Waals surface area contributed by atoms with E-state index in [9.17, 15) is 0 Å². The van der Waals surface area contributed by atoms with Crippen LogP contribution in [0.4, 0.5) is 0 Å². The monoisotopic (exact) mass is 334 g/mol. The fourth-order valence-electron chi connectivity index (χ4n) is 2.05. The summed E-state index contributed by atoms with van der Waals surface area (Å²) < 4.78 is 27.5. The second-order valence-corrected chi connectivity index (χ2v) is 5.24. The summed E-state index contributed by atoms with van der Waals surface area (Å²) in [6.45, 7) is 3.83. The zero-order valence-corrected chi connectivity index (χ0v) is 14.0. The van der Waals surface area contributed by atoms with E-state index >= 15 is 0 Å². The highest BCUT2D eigenvalue weighted by Crippen LogP contribution is 2.08. The minimum absolute atomic E-state index is 0.0740. The number of rotatable bonds is 3. The van der Waals surface area contributed by atoms with Gasteiger partial charge in [-0.2, -0.15) is 0 Å². The van der Waals surface area contributed by atoms with E-state index in [1.54, 1.807) is 12.5 Å². The van der Waals surface area contributed by atoms with E-state index in [1.165, 1.54) is 0 Å². The van der Waals surface area contributed by atoms with Crippen molar-refractivity contribution in [2.45, 2.75) is 19.1 Å². The summed E-state index contributed by atoms with van der Waals surface area (Å²) in [7, 11) is 0. The Morgan fingerprint density at radius 1 is 0.833 bits per heavy atom. The SMILES string of the molecule is C1=C/OCCOCCOCCO/C=C/C(OCc2ccccc2)C/1. The van der Waals surface area contributed by atoms with Gasteiger partial charge in [0.15, 0.2) is 0 Å². The van der Waals surface area contributed by atoms with Gasteiger partial charge in [0.2, 0.25) is 0 Å². The number of benzene rings is 1. The maximum Gasteiger partial charge on any atom is 0.111 e. The molecule has 2 rings (SSSR count). The summed E-state index contributed by atoms with van der Waals surface area (Å²) in [5, 5.41) is 0. The topological polar surface area (TPSA) is 46.2 Å². The van der Waals surface area contributed by atoms with Gasteiger partial charge in [-0.1, -0.05) is 30.3 Å². The van der Waals surface area contributed by atoms with Gasteiger partial charge in [0.1, 0.15) is 13.2 Å². The van der Waals surface area contributed by atoms with Crippen LogP contribution in [0.2, 0.25) is 0 Å². The highest BCUT2D eigenvalue weighted by atomic mass is 16.6. The molecule has 0 saturated heterocycles. The lowest BCUT2D eigenvalue weighted by molar-refractivity contribution is 0.0172. The van der Waals surface area contributed by atoms with Crippen molar-refractivity contribution in [1.29, 1.82) is 0 Å². The molecule has 1 aliphatic rings. The van der Waals surface area contributed by atoms with Gasteiger partial charge in [0.05, 0.1) is 51.7 Å². The smallest absolute Gasteiger partial charge is 0.111 e. The molecule has 1 unspecified atom stereocenters. The minimum atomic E-state index is -0.0740. The molecule has 0 fully saturated rings. The Morgan fingerprint density at radius 2 is 1.50 bits per heavy atom. The Bertz CT molecular complexity index is 472. The van der Waals surface area contributed by atoms with Crippen LogP contribution in [-0.2, 0) is 30.3 Å². The van der Waals surface area contributed by atoms with Crippen LogP contribution in [0.3, 0.4) is 0 Å². The molecular formula is C19H26O5. The largest absolute Gasteiger partial charge is 0.499 e. The van der Waals surface area contributed by atoms with Gasteiger partial charge < -0.3 is 23.7 Å². The molecule has 0 aliphatic carbocycles. The summed E-state index contributed by atoms with van der Waals surface area (Å²) in [4.78, 5) is 0. The first-order chi connectivity index (χ1) is 11.9. The van der Waals surface area contributed by atoms with Crippen molar-refractivity contribution in [3.05, 3.63) is 60.6 Å². The summed E-state index contributed by atoms with van der Waals surface area (Å²) >= 11 is 0. The van der Waals surface area contributed by atoms with E-state index in [0.29, 0.717) is 52.7 Å². The molecule has 5 heteroatoms. The van der Waals surface area contributed by atoms with Crippen LogP contribution in [0.25, 0.3) is 0 Å². The maximum atomic E-state index is 5.94. The molecule has 1 aromatic carbocycles. The second kappa shape index (κ2) is 12.6. The maximum absolute atomic E-state index is 5.94. The van der Waals surface area contributed by atoms with Crippen LogP contribution >= 0.6 is 0 Å². The zero-order valence-electron chi connectivity index (χ0n) is 14.0. The van der Waals surface area contributed by atoms with Gasteiger partial charge >= 0.3 is 0 Å². The molecule has 132 valence electrons. The molecule has 0 radical (unpaired) electrons. The molecular weight excluding hydrogens is 308 g/mol.